The van der Waals surface area contributed by atoms with Crippen LogP contribution in [0.2, 0.25) is 0 Å². The van der Waals surface area contributed by atoms with Crippen LogP contribution in [0.3, 0.4) is 0 Å². The van der Waals surface area contributed by atoms with Gasteiger partial charge in [0.15, 0.2) is 11.5 Å². The van der Waals surface area contributed by atoms with Crippen LogP contribution >= 0.6 is 0 Å². The van der Waals surface area contributed by atoms with Gasteiger partial charge in [-0.3, -0.25) is 9.48 Å². The molecule has 0 saturated carbocycles. The maximum atomic E-state index is 11.9. The molecule has 0 unspecified atom stereocenters. The summed E-state index contributed by atoms with van der Waals surface area (Å²) < 4.78 is 12.6. The summed E-state index contributed by atoms with van der Waals surface area (Å²) in [6.07, 6.45) is 3.95. The van der Waals surface area contributed by atoms with Gasteiger partial charge in [-0.2, -0.15) is 5.10 Å². The van der Waals surface area contributed by atoms with Gasteiger partial charge in [-0.25, -0.2) is 0 Å². The van der Waals surface area contributed by atoms with E-state index in [1.165, 1.54) is 10.9 Å². The van der Waals surface area contributed by atoms with E-state index in [-0.39, 0.29) is 12.5 Å². The number of benzene rings is 1. The summed E-state index contributed by atoms with van der Waals surface area (Å²) in [4.78, 5) is 11.9. The molecule has 1 aliphatic rings. The van der Waals surface area contributed by atoms with Crippen LogP contribution in [-0.4, -0.2) is 28.9 Å². The van der Waals surface area contributed by atoms with Gasteiger partial charge < -0.3 is 20.5 Å². The SMILES string of the molecule is Nc1cnn(CC(=O)Nc2ccc3c(c2)OCCCO3)c1. The van der Waals surface area contributed by atoms with Gasteiger partial charge in [0, 0.05) is 24.4 Å². The molecule has 1 aromatic carbocycles. The van der Waals surface area contributed by atoms with Crippen molar-refractivity contribution < 1.29 is 14.3 Å². The van der Waals surface area contributed by atoms with Crippen molar-refractivity contribution in [1.29, 1.82) is 0 Å². The van der Waals surface area contributed by atoms with E-state index in [1.54, 1.807) is 24.4 Å². The minimum Gasteiger partial charge on any atom is -0.490 e. The average Bonchev–Trinajstić information content (AvgIpc) is 2.73. The van der Waals surface area contributed by atoms with Crippen molar-refractivity contribution in [3.8, 4) is 11.5 Å². The van der Waals surface area contributed by atoms with Crippen molar-refractivity contribution in [2.45, 2.75) is 13.0 Å². The van der Waals surface area contributed by atoms with Gasteiger partial charge in [-0.1, -0.05) is 0 Å². The highest BCUT2D eigenvalue weighted by Gasteiger charge is 2.12. The Morgan fingerprint density at radius 3 is 2.90 bits per heavy atom. The number of nitrogens with one attached hydrogen (secondary N) is 1. The van der Waals surface area contributed by atoms with Crippen LogP contribution in [0, 0.1) is 0 Å². The molecule has 0 fully saturated rings. The Labute approximate surface area is 121 Å². The Hall–Kier alpha value is -2.70. The van der Waals surface area contributed by atoms with Crippen molar-refractivity contribution in [3.05, 3.63) is 30.6 Å². The summed E-state index contributed by atoms with van der Waals surface area (Å²) in [5.74, 6) is 1.16. The highest BCUT2D eigenvalue weighted by atomic mass is 16.5. The van der Waals surface area contributed by atoms with E-state index in [2.05, 4.69) is 10.4 Å². The molecular weight excluding hydrogens is 272 g/mol. The molecule has 0 aliphatic carbocycles. The number of nitrogens with two attached hydrogens (primary N) is 1. The maximum absolute atomic E-state index is 11.9. The Morgan fingerprint density at radius 2 is 2.14 bits per heavy atom. The topological polar surface area (TPSA) is 91.4 Å². The monoisotopic (exact) mass is 288 g/mol. The summed E-state index contributed by atoms with van der Waals surface area (Å²) in [6.45, 7) is 1.35. The first-order valence-corrected chi connectivity index (χ1v) is 6.68. The molecule has 7 heteroatoms. The first-order valence-electron chi connectivity index (χ1n) is 6.68. The number of carbonyl (C=O) groups is 1. The van der Waals surface area contributed by atoms with E-state index in [0.29, 0.717) is 36.1 Å². The number of nitrogen functional groups attached to an aromatic ring is 1. The molecule has 3 N–H and O–H groups in total. The fourth-order valence-electron chi connectivity index (χ4n) is 2.05. The third-order valence-corrected chi connectivity index (χ3v) is 2.99. The zero-order chi connectivity index (χ0) is 14.7. The van der Waals surface area contributed by atoms with Gasteiger partial charge in [-0.15, -0.1) is 0 Å². The van der Waals surface area contributed by atoms with Crippen LogP contribution in [0.4, 0.5) is 11.4 Å². The van der Waals surface area contributed by atoms with E-state index in [0.717, 1.165) is 6.42 Å². The van der Waals surface area contributed by atoms with Gasteiger partial charge in [0.05, 0.1) is 25.1 Å². The number of aromatic nitrogens is 2. The number of nitrogens with zero attached hydrogens (tertiary/aromatic N) is 2. The van der Waals surface area contributed by atoms with Gasteiger partial charge in [0.25, 0.3) is 0 Å². The summed E-state index contributed by atoms with van der Waals surface area (Å²) in [5, 5.41) is 6.76. The van der Waals surface area contributed by atoms with E-state index in [4.69, 9.17) is 15.2 Å². The Balaban J connectivity index is 1.67. The molecule has 110 valence electrons. The predicted octanol–water partition coefficient (Wildman–Crippen LogP) is 1.27. The standard InChI is InChI=1S/C14H16N4O3/c15-10-7-16-18(8-10)9-14(19)17-11-2-3-12-13(6-11)21-5-1-4-20-12/h2-3,6-8H,1,4-5,9,15H2,(H,17,19). The van der Waals surface area contributed by atoms with Crippen LogP contribution < -0.4 is 20.5 Å². The number of ether oxygens (including phenoxy) is 2. The molecular formula is C14H16N4O3. The minimum atomic E-state index is -0.187. The molecule has 0 saturated heterocycles. The van der Waals surface area contributed by atoms with Crippen molar-refractivity contribution in [2.75, 3.05) is 24.3 Å². The fourth-order valence-corrected chi connectivity index (χ4v) is 2.05. The number of hydrogen-bond acceptors (Lipinski definition) is 5. The quantitative estimate of drug-likeness (QED) is 0.887. The molecule has 0 radical (unpaired) electrons. The van der Waals surface area contributed by atoms with Crippen LogP contribution in [-0.2, 0) is 11.3 Å². The molecule has 1 aromatic heterocycles. The second kappa shape index (κ2) is 5.74. The number of amides is 1. The van der Waals surface area contributed by atoms with Crippen LogP contribution in [0.1, 0.15) is 6.42 Å². The average molecular weight is 288 g/mol. The van der Waals surface area contributed by atoms with Gasteiger partial charge in [0.2, 0.25) is 5.91 Å². The molecule has 2 heterocycles. The molecule has 2 aromatic rings. The Bertz CT molecular complexity index is 653. The van der Waals surface area contributed by atoms with Crippen molar-refractivity contribution in [1.82, 2.24) is 9.78 Å². The third kappa shape index (κ3) is 3.25. The zero-order valence-electron chi connectivity index (χ0n) is 11.4. The number of carbonyl (C=O) groups excluding carboxylic acids is 1. The summed E-state index contributed by atoms with van der Waals surface area (Å²) >= 11 is 0. The number of rotatable bonds is 3. The summed E-state index contributed by atoms with van der Waals surface area (Å²) in [5.41, 5.74) is 6.74. The summed E-state index contributed by atoms with van der Waals surface area (Å²) in [6, 6.07) is 5.33. The smallest absolute Gasteiger partial charge is 0.246 e. The highest BCUT2D eigenvalue weighted by Crippen LogP contribution is 2.32. The first kappa shape index (κ1) is 13.3. The molecule has 1 aliphatic heterocycles. The zero-order valence-corrected chi connectivity index (χ0v) is 11.4. The fraction of sp³-hybridized carbons (Fsp3) is 0.286. The van der Waals surface area contributed by atoms with E-state index in [9.17, 15) is 4.79 Å². The molecule has 21 heavy (non-hydrogen) atoms. The van der Waals surface area contributed by atoms with Crippen LogP contribution in [0.15, 0.2) is 30.6 Å². The second-order valence-corrected chi connectivity index (χ2v) is 4.73. The Kier molecular flexibility index (Phi) is 3.63. The first-order chi connectivity index (χ1) is 10.2. The lowest BCUT2D eigenvalue weighted by atomic mass is 10.2. The van der Waals surface area contributed by atoms with Crippen molar-refractivity contribution in [2.24, 2.45) is 0 Å². The lowest BCUT2D eigenvalue weighted by Gasteiger charge is -2.10. The largest absolute Gasteiger partial charge is 0.490 e. The molecule has 0 bridgehead atoms. The van der Waals surface area contributed by atoms with E-state index < -0.39 is 0 Å². The van der Waals surface area contributed by atoms with E-state index in [1.807, 2.05) is 0 Å². The number of hydrogen-bond donors (Lipinski definition) is 2. The second-order valence-electron chi connectivity index (χ2n) is 4.73. The molecule has 0 spiro atoms. The normalized spacial score (nSPS) is 13.5. The van der Waals surface area contributed by atoms with Gasteiger partial charge >= 0.3 is 0 Å². The van der Waals surface area contributed by atoms with Crippen molar-refractivity contribution >= 4 is 17.3 Å². The van der Waals surface area contributed by atoms with Crippen LogP contribution in [0.5, 0.6) is 11.5 Å². The lowest BCUT2D eigenvalue weighted by molar-refractivity contribution is -0.116. The van der Waals surface area contributed by atoms with Crippen molar-refractivity contribution in [3.63, 3.8) is 0 Å². The Morgan fingerprint density at radius 1 is 1.33 bits per heavy atom. The van der Waals surface area contributed by atoms with Gasteiger partial charge in [0.1, 0.15) is 6.54 Å². The molecule has 3 rings (SSSR count). The molecule has 0 atom stereocenters. The number of anilines is 2. The molecule has 1 amide bonds. The predicted molar refractivity (Wildman–Crippen MR) is 77.3 cm³/mol. The number of fused-ring (bicyclic) bond motifs is 1. The highest BCUT2D eigenvalue weighted by molar-refractivity contribution is 5.90. The van der Waals surface area contributed by atoms with Gasteiger partial charge in [-0.05, 0) is 12.1 Å². The maximum Gasteiger partial charge on any atom is 0.246 e. The third-order valence-electron chi connectivity index (χ3n) is 2.99. The minimum absolute atomic E-state index is 0.103. The van der Waals surface area contributed by atoms with E-state index >= 15 is 0 Å². The summed E-state index contributed by atoms with van der Waals surface area (Å²) in [7, 11) is 0. The molecule has 7 nitrogen and oxygen atoms in total. The van der Waals surface area contributed by atoms with Crippen LogP contribution in [0.25, 0.3) is 0 Å². The lowest BCUT2D eigenvalue weighted by Crippen LogP contribution is -2.19.